The maximum Gasteiger partial charge on any atom is 0.218 e. The highest BCUT2D eigenvalue weighted by molar-refractivity contribution is 6.30. The summed E-state index contributed by atoms with van der Waals surface area (Å²) in [4.78, 5) is 6.86. The van der Waals surface area contributed by atoms with Crippen LogP contribution in [0.25, 0.3) is 0 Å². The summed E-state index contributed by atoms with van der Waals surface area (Å²) in [6.45, 7) is 2.97. The van der Waals surface area contributed by atoms with Gasteiger partial charge in [0.1, 0.15) is 0 Å². The van der Waals surface area contributed by atoms with E-state index in [0.717, 1.165) is 49.5 Å². The molecule has 2 aromatic carbocycles. The number of methoxy groups -OCH3 is 1. The minimum Gasteiger partial charge on any atom is -0.481 e. The summed E-state index contributed by atoms with van der Waals surface area (Å²) in [5.41, 5.74) is 6.64. The van der Waals surface area contributed by atoms with Crippen LogP contribution >= 0.6 is 11.6 Å². The van der Waals surface area contributed by atoms with Crippen molar-refractivity contribution in [3.05, 3.63) is 93.6 Å². The van der Waals surface area contributed by atoms with Crippen LogP contribution in [-0.2, 0) is 5.41 Å². The minimum absolute atomic E-state index is 0.0134. The maximum atomic E-state index is 11.1. The lowest BCUT2D eigenvalue weighted by Gasteiger charge is -2.40. The summed E-state index contributed by atoms with van der Waals surface area (Å²) in [7, 11) is 1.61. The predicted octanol–water partition coefficient (Wildman–Crippen LogP) is 5.32. The molecule has 0 spiro atoms. The molecule has 6 rings (SSSR count). The van der Waals surface area contributed by atoms with Crippen molar-refractivity contribution in [1.82, 2.24) is 9.88 Å². The van der Waals surface area contributed by atoms with Crippen LogP contribution in [0.3, 0.4) is 0 Å². The van der Waals surface area contributed by atoms with Gasteiger partial charge in [0, 0.05) is 34.7 Å². The Bertz CT molecular complexity index is 1190. The Balaban J connectivity index is 1.23. The van der Waals surface area contributed by atoms with Gasteiger partial charge in [-0.3, -0.25) is 0 Å². The second-order valence-corrected chi connectivity index (χ2v) is 10.3. The van der Waals surface area contributed by atoms with Gasteiger partial charge in [-0.2, -0.15) is 0 Å². The Morgan fingerprint density at radius 3 is 2.70 bits per heavy atom. The molecule has 1 aliphatic heterocycles. The van der Waals surface area contributed by atoms with Crippen molar-refractivity contribution in [2.75, 3.05) is 26.7 Å². The fourth-order valence-corrected chi connectivity index (χ4v) is 6.85. The first kappa shape index (κ1) is 21.2. The predicted molar refractivity (Wildman–Crippen MR) is 130 cm³/mol. The maximum absolute atomic E-state index is 11.1. The fourth-order valence-electron chi connectivity index (χ4n) is 6.68. The molecule has 0 saturated carbocycles. The Hall–Kier alpha value is -2.40. The molecule has 2 aliphatic carbocycles. The molecule has 1 fully saturated rings. The number of likely N-dealkylation sites (tertiary alicyclic amines) is 1. The summed E-state index contributed by atoms with van der Waals surface area (Å²) in [5.74, 6) is 1.22. The average molecular weight is 461 g/mol. The number of pyridine rings is 1. The molecule has 3 aliphatic rings. The third-order valence-corrected chi connectivity index (χ3v) is 8.43. The molecule has 4 nitrogen and oxygen atoms in total. The van der Waals surface area contributed by atoms with Crippen molar-refractivity contribution < 1.29 is 9.84 Å². The Morgan fingerprint density at radius 1 is 1.09 bits per heavy atom. The zero-order valence-electron chi connectivity index (χ0n) is 18.9. The van der Waals surface area contributed by atoms with Crippen molar-refractivity contribution in [1.29, 1.82) is 0 Å². The first-order chi connectivity index (χ1) is 16.1. The molecule has 3 atom stereocenters. The molecule has 1 unspecified atom stereocenters. The normalized spacial score (nSPS) is 25.0. The smallest absolute Gasteiger partial charge is 0.218 e. The number of aliphatic hydroxyl groups excluding tert-OH is 1. The average Bonchev–Trinajstić information content (AvgIpc) is 3.35. The number of benzene rings is 2. The van der Waals surface area contributed by atoms with Crippen molar-refractivity contribution in [3.63, 3.8) is 0 Å². The molecule has 1 N–H and O–H groups in total. The first-order valence-corrected chi connectivity index (χ1v) is 12.3. The number of hydrogen-bond donors (Lipinski definition) is 1. The molecule has 3 aromatic rings. The molecule has 2 heterocycles. The van der Waals surface area contributed by atoms with Crippen molar-refractivity contribution >= 4 is 11.6 Å². The topological polar surface area (TPSA) is 45.6 Å². The Kier molecular flexibility index (Phi) is 5.21. The molecule has 170 valence electrons. The molecule has 1 aromatic heterocycles. The third-order valence-electron chi connectivity index (χ3n) is 8.20. The van der Waals surface area contributed by atoms with Crippen LogP contribution in [0.15, 0.2) is 60.8 Å². The van der Waals surface area contributed by atoms with Crippen LogP contribution in [-0.4, -0.2) is 41.7 Å². The monoisotopic (exact) mass is 460 g/mol. The number of aliphatic hydroxyl groups is 1. The van der Waals surface area contributed by atoms with Gasteiger partial charge in [0.05, 0.1) is 13.2 Å². The van der Waals surface area contributed by atoms with E-state index in [4.69, 9.17) is 16.3 Å². The van der Waals surface area contributed by atoms with E-state index in [1.54, 1.807) is 13.3 Å². The van der Waals surface area contributed by atoms with E-state index in [1.165, 1.54) is 22.3 Å². The van der Waals surface area contributed by atoms with Gasteiger partial charge < -0.3 is 14.7 Å². The Labute approximate surface area is 200 Å². The van der Waals surface area contributed by atoms with Crippen molar-refractivity contribution in [2.24, 2.45) is 5.92 Å². The number of piperidine rings is 1. The number of hydrogen-bond acceptors (Lipinski definition) is 4. The van der Waals surface area contributed by atoms with E-state index < -0.39 is 6.10 Å². The van der Waals surface area contributed by atoms with E-state index in [2.05, 4.69) is 46.3 Å². The molecule has 1 saturated heterocycles. The number of ether oxygens (including phenoxy) is 1. The molecule has 0 amide bonds. The van der Waals surface area contributed by atoms with Crippen LogP contribution in [0.1, 0.15) is 59.1 Å². The van der Waals surface area contributed by atoms with Crippen LogP contribution in [0.4, 0.5) is 0 Å². The summed E-state index contributed by atoms with van der Waals surface area (Å²) in [6.07, 6.45) is 4.22. The summed E-state index contributed by atoms with van der Waals surface area (Å²) in [6, 6.07) is 19.3. The lowest BCUT2D eigenvalue weighted by molar-refractivity contribution is 0.0521. The number of nitrogens with zero attached hydrogens (tertiary/aromatic N) is 2. The molecule has 33 heavy (non-hydrogen) atoms. The summed E-state index contributed by atoms with van der Waals surface area (Å²) in [5, 5.41) is 11.9. The molecular formula is C28H29ClN2O2. The largest absolute Gasteiger partial charge is 0.481 e. The van der Waals surface area contributed by atoms with Crippen molar-refractivity contribution in [3.8, 4) is 5.88 Å². The number of rotatable bonds is 5. The van der Waals surface area contributed by atoms with Gasteiger partial charge in [-0.15, -0.1) is 0 Å². The molecule has 0 radical (unpaired) electrons. The number of fused-ring (bicyclic) bond motifs is 8. The lowest BCUT2D eigenvalue weighted by Crippen LogP contribution is -2.44. The number of halogens is 1. The standard InChI is InChI=1S/C28H29ClN2O2/c1-33-27-22(6-4-12-30-27)26(32)18-10-13-31(14-11-18)17-28-16-23(20-5-2-3-7-24(20)28)21-9-8-19(29)15-25(21)28/h2-9,12,15,18,23,26,32H,10-11,13-14,16-17H2,1H3/t23?,26-,28+/m1/s1. The minimum atomic E-state index is -0.545. The van der Waals surface area contributed by atoms with E-state index in [0.29, 0.717) is 11.8 Å². The van der Waals surface area contributed by atoms with Gasteiger partial charge in [-0.05, 0) is 84.8 Å². The quantitative estimate of drug-likeness (QED) is 0.559. The zero-order valence-corrected chi connectivity index (χ0v) is 19.6. The van der Waals surface area contributed by atoms with Gasteiger partial charge in [-0.25, -0.2) is 4.98 Å². The van der Waals surface area contributed by atoms with Crippen LogP contribution in [0.5, 0.6) is 5.88 Å². The first-order valence-electron chi connectivity index (χ1n) is 11.9. The summed E-state index contributed by atoms with van der Waals surface area (Å²) >= 11 is 6.47. The highest BCUT2D eigenvalue weighted by atomic mass is 35.5. The second-order valence-electron chi connectivity index (χ2n) is 9.82. The van der Waals surface area contributed by atoms with E-state index >= 15 is 0 Å². The van der Waals surface area contributed by atoms with Crippen LogP contribution in [0, 0.1) is 5.92 Å². The third kappa shape index (κ3) is 3.30. The summed E-state index contributed by atoms with van der Waals surface area (Å²) < 4.78 is 5.38. The van der Waals surface area contributed by atoms with Gasteiger partial charge in [0.25, 0.3) is 0 Å². The highest BCUT2D eigenvalue weighted by Gasteiger charge is 2.53. The zero-order chi connectivity index (χ0) is 22.6. The van der Waals surface area contributed by atoms with E-state index in [1.807, 2.05) is 18.2 Å². The molecular weight excluding hydrogens is 432 g/mol. The van der Waals surface area contributed by atoms with Gasteiger partial charge >= 0.3 is 0 Å². The highest BCUT2D eigenvalue weighted by Crippen LogP contribution is 2.60. The van der Waals surface area contributed by atoms with Gasteiger partial charge in [-0.1, -0.05) is 41.9 Å². The number of aromatic nitrogens is 1. The van der Waals surface area contributed by atoms with E-state index in [-0.39, 0.29) is 11.3 Å². The van der Waals surface area contributed by atoms with E-state index in [9.17, 15) is 5.11 Å². The van der Waals surface area contributed by atoms with Crippen molar-refractivity contribution in [2.45, 2.75) is 36.7 Å². The second kappa shape index (κ2) is 8.12. The van der Waals surface area contributed by atoms with Gasteiger partial charge in [0.2, 0.25) is 5.88 Å². The molecule has 5 heteroatoms. The SMILES string of the molecule is COc1ncccc1[C@H](O)C1CCN(C[C@@]23CC(c4ccccc42)c2ccc(Cl)cc23)CC1. The Morgan fingerprint density at radius 2 is 1.88 bits per heavy atom. The molecule has 2 bridgehead atoms. The van der Waals surface area contributed by atoms with Gasteiger partial charge in [0.15, 0.2) is 0 Å². The fraction of sp³-hybridized carbons (Fsp3) is 0.393. The van der Waals surface area contributed by atoms with Crippen LogP contribution in [0.2, 0.25) is 5.02 Å². The van der Waals surface area contributed by atoms with Crippen LogP contribution < -0.4 is 4.74 Å². The lowest BCUT2D eigenvalue weighted by atomic mass is 9.74.